The van der Waals surface area contributed by atoms with E-state index in [1.807, 2.05) is 19.4 Å². The summed E-state index contributed by atoms with van der Waals surface area (Å²) < 4.78 is 2.07. The van der Waals surface area contributed by atoms with Gasteiger partial charge in [0, 0.05) is 31.9 Å². The van der Waals surface area contributed by atoms with Crippen LogP contribution in [0.4, 0.5) is 0 Å². The van der Waals surface area contributed by atoms with Gasteiger partial charge in [0.1, 0.15) is 5.82 Å². The van der Waals surface area contributed by atoms with Gasteiger partial charge in [-0.05, 0) is 24.7 Å². The number of nitrogens with two attached hydrogens (primary N) is 1. The maximum atomic E-state index is 6.14. The van der Waals surface area contributed by atoms with Gasteiger partial charge in [0.15, 0.2) is 0 Å². The van der Waals surface area contributed by atoms with Crippen molar-refractivity contribution >= 4 is 0 Å². The summed E-state index contributed by atoms with van der Waals surface area (Å²) in [6.45, 7) is 2.29. The van der Waals surface area contributed by atoms with Crippen molar-refractivity contribution in [3.05, 3.63) is 18.2 Å². The summed E-state index contributed by atoms with van der Waals surface area (Å²) in [6.07, 6.45) is 8.49. The third kappa shape index (κ3) is 1.82. The van der Waals surface area contributed by atoms with E-state index in [-0.39, 0.29) is 0 Å². The van der Waals surface area contributed by atoms with E-state index in [0.29, 0.717) is 11.5 Å². The highest BCUT2D eigenvalue weighted by Crippen LogP contribution is 2.48. The summed E-state index contributed by atoms with van der Waals surface area (Å²) in [5.74, 6) is 1.14. The van der Waals surface area contributed by atoms with Gasteiger partial charge in [-0.1, -0.05) is 6.92 Å². The highest BCUT2D eigenvalue weighted by molar-refractivity contribution is 4.99. The zero-order chi connectivity index (χ0) is 10.2. The van der Waals surface area contributed by atoms with Crippen LogP contribution < -0.4 is 5.73 Å². The van der Waals surface area contributed by atoms with Gasteiger partial charge in [-0.25, -0.2) is 4.98 Å². The lowest BCUT2D eigenvalue weighted by Crippen LogP contribution is -2.30. The topological polar surface area (TPSA) is 43.8 Å². The fourth-order valence-corrected chi connectivity index (χ4v) is 1.84. The second-order valence-electron chi connectivity index (χ2n) is 4.75. The van der Waals surface area contributed by atoms with Gasteiger partial charge in [0.25, 0.3) is 0 Å². The Morgan fingerprint density at radius 3 is 2.86 bits per heavy atom. The van der Waals surface area contributed by atoms with Crippen LogP contribution in [-0.2, 0) is 13.5 Å². The lowest BCUT2D eigenvalue weighted by atomic mass is 9.95. The van der Waals surface area contributed by atoms with Crippen molar-refractivity contribution in [3.8, 4) is 0 Å². The standard InChI is InChI=1S/C11H19N3/c1-11(5-6-11)9(12)3-4-10-13-7-8-14(10)2/h7-9H,3-6,12H2,1-2H3. The molecule has 1 aromatic rings. The van der Waals surface area contributed by atoms with Crippen LogP contribution in [0.1, 0.15) is 32.0 Å². The molecule has 1 aromatic heterocycles. The number of imidazole rings is 1. The predicted octanol–water partition coefficient (Wildman–Crippen LogP) is 1.48. The molecule has 0 bridgehead atoms. The first kappa shape index (κ1) is 9.71. The Morgan fingerprint density at radius 2 is 2.36 bits per heavy atom. The monoisotopic (exact) mass is 193 g/mol. The van der Waals surface area contributed by atoms with Gasteiger partial charge in [0.05, 0.1) is 0 Å². The second-order valence-corrected chi connectivity index (χ2v) is 4.75. The van der Waals surface area contributed by atoms with Gasteiger partial charge in [0.2, 0.25) is 0 Å². The lowest BCUT2D eigenvalue weighted by molar-refractivity contribution is 0.408. The van der Waals surface area contributed by atoms with Crippen LogP contribution in [0.5, 0.6) is 0 Å². The van der Waals surface area contributed by atoms with Crippen molar-refractivity contribution in [2.45, 2.75) is 38.6 Å². The van der Waals surface area contributed by atoms with Crippen molar-refractivity contribution in [2.24, 2.45) is 18.2 Å². The minimum atomic E-state index is 0.346. The first-order valence-corrected chi connectivity index (χ1v) is 5.34. The third-order valence-electron chi connectivity index (χ3n) is 3.53. The van der Waals surface area contributed by atoms with Gasteiger partial charge in [-0.2, -0.15) is 0 Å². The summed E-state index contributed by atoms with van der Waals surface area (Å²) in [4.78, 5) is 4.30. The molecule has 0 saturated heterocycles. The van der Waals surface area contributed by atoms with Gasteiger partial charge >= 0.3 is 0 Å². The van der Waals surface area contributed by atoms with Crippen LogP contribution >= 0.6 is 0 Å². The number of aromatic nitrogens is 2. The Kier molecular flexibility index (Phi) is 2.35. The van der Waals surface area contributed by atoms with Crippen molar-refractivity contribution in [2.75, 3.05) is 0 Å². The van der Waals surface area contributed by atoms with Crippen LogP contribution in [0.25, 0.3) is 0 Å². The number of aryl methyl sites for hydroxylation is 2. The van der Waals surface area contributed by atoms with E-state index in [2.05, 4.69) is 16.5 Å². The van der Waals surface area contributed by atoms with Crippen LogP contribution in [0, 0.1) is 5.41 Å². The smallest absolute Gasteiger partial charge is 0.108 e. The highest BCUT2D eigenvalue weighted by Gasteiger charge is 2.42. The Hall–Kier alpha value is -0.830. The van der Waals surface area contributed by atoms with E-state index in [9.17, 15) is 0 Å². The molecule has 0 aliphatic heterocycles. The van der Waals surface area contributed by atoms with Crippen molar-refractivity contribution < 1.29 is 0 Å². The Balaban J connectivity index is 1.85. The molecule has 1 atom stereocenters. The van der Waals surface area contributed by atoms with Crippen LogP contribution in [0.2, 0.25) is 0 Å². The van der Waals surface area contributed by atoms with E-state index in [1.165, 1.54) is 12.8 Å². The molecule has 0 radical (unpaired) electrons. The van der Waals surface area contributed by atoms with Gasteiger partial charge in [-0.15, -0.1) is 0 Å². The predicted molar refractivity (Wildman–Crippen MR) is 56.8 cm³/mol. The zero-order valence-corrected chi connectivity index (χ0v) is 9.03. The largest absolute Gasteiger partial charge is 0.338 e. The molecule has 1 saturated carbocycles. The maximum absolute atomic E-state index is 6.14. The molecular formula is C11H19N3. The average molecular weight is 193 g/mol. The molecule has 0 aromatic carbocycles. The van der Waals surface area contributed by atoms with Gasteiger partial charge < -0.3 is 10.3 Å². The fraction of sp³-hybridized carbons (Fsp3) is 0.727. The lowest BCUT2D eigenvalue weighted by Gasteiger charge is -2.18. The normalized spacial score (nSPS) is 20.8. The molecule has 3 nitrogen and oxygen atoms in total. The molecule has 3 heteroatoms. The van der Waals surface area contributed by atoms with E-state index in [1.54, 1.807) is 0 Å². The maximum Gasteiger partial charge on any atom is 0.108 e. The summed E-state index contributed by atoms with van der Waals surface area (Å²) >= 11 is 0. The summed E-state index contributed by atoms with van der Waals surface area (Å²) in [7, 11) is 2.03. The molecule has 1 aliphatic carbocycles. The first-order valence-electron chi connectivity index (χ1n) is 5.34. The van der Waals surface area contributed by atoms with Crippen molar-refractivity contribution in [1.29, 1.82) is 0 Å². The molecule has 2 rings (SSSR count). The van der Waals surface area contributed by atoms with Gasteiger partial charge in [-0.3, -0.25) is 0 Å². The highest BCUT2D eigenvalue weighted by atomic mass is 15.0. The van der Waals surface area contributed by atoms with E-state index in [4.69, 9.17) is 5.73 Å². The number of hydrogen-bond acceptors (Lipinski definition) is 2. The molecule has 78 valence electrons. The molecule has 1 heterocycles. The molecule has 14 heavy (non-hydrogen) atoms. The summed E-state index contributed by atoms with van der Waals surface area (Å²) in [5.41, 5.74) is 6.58. The third-order valence-corrected chi connectivity index (χ3v) is 3.53. The molecule has 1 fully saturated rings. The number of hydrogen-bond donors (Lipinski definition) is 1. The molecule has 2 N–H and O–H groups in total. The molecular weight excluding hydrogens is 174 g/mol. The Labute approximate surface area is 85.3 Å². The van der Waals surface area contributed by atoms with Crippen LogP contribution in [0.15, 0.2) is 12.4 Å². The number of nitrogens with zero attached hydrogens (tertiary/aromatic N) is 2. The fourth-order valence-electron chi connectivity index (χ4n) is 1.84. The summed E-state index contributed by atoms with van der Waals surface area (Å²) in [6, 6.07) is 0.346. The Morgan fingerprint density at radius 1 is 1.64 bits per heavy atom. The molecule has 0 amide bonds. The van der Waals surface area contributed by atoms with E-state index >= 15 is 0 Å². The van der Waals surface area contributed by atoms with E-state index in [0.717, 1.165) is 18.7 Å². The molecule has 1 aliphatic rings. The first-order chi connectivity index (χ1) is 6.62. The second kappa shape index (κ2) is 3.39. The van der Waals surface area contributed by atoms with E-state index < -0.39 is 0 Å². The van der Waals surface area contributed by atoms with Crippen LogP contribution in [-0.4, -0.2) is 15.6 Å². The summed E-state index contributed by atoms with van der Waals surface area (Å²) in [5, 5.41) is 0. The minimum absolute atomic E-state index is 0.346. The number of rotatable bonds is 4. The zero-order valence-electron chi connectivity index (χ0n) is 9.03. The molecule has 0 spiro atoms. The van der Waals surface area contributed by atoms with Crippen molar-refractivity contribution in [3.63, 3.8) is 0 Å². The minimum Gasteiger partial charge on any atom is -0.338 e. The SMILES string of the molecule is Cn1ccnc1CCC(N)C1(C)CC1. The Bertz CT molecular complexity index is 312. The average Bonchev–Trinajstić information content (AvgIpc) is 2.77. The quantitative estimate of drug-likeness (QED) is 0.787. The molecule has 1 unspecified atom stereocenters. The van der Waals surface area contributed by atoms with Crippen LogP contribution in [0.3, 0.4) is 0 Å². The van der Waals surface area contributed by atoms with Crippen molar-refractivity contribution in [1.82, 2.24) is 9.55 Å².